The highest BCUT2D eigenvalue weighted by atomic mass is 35.5. The molecule has 2 aromatic heterocycles. The first kappa shape index (κ1) is 10.6. The smallest absolute Gasteiger partial charge is 0.0840 e. The molecule has 0 saturated carbocycles. The van der Waals surface area contributed by atoms with E-state index in [1.807, 2.05) is 41.1 Å². The number of aromatic nitrogens is 2. The molecule has 1 aromatic carbocycles. The summed E-state index contributed by atoms with van der Waals surface area (Å²) in [5.41, 5.74) is 2.06. The van der Waals surface area contributed by atoms with Crippen LogP contribution in [0.15, 0.2) is 54.0 Å². The zero-order valence-corrected chi connectivity index (χ0v) is 10.4. The highest BCUT2D eigenvalue weighted by Gasteiger charge is 2.08. The summed E-state index contributed by atoms with van der Waals surface area (Å²) < 4.78 is 1.90. The molecule has 0 bridgehead atoms. The Morgan fingerprint density at radius 3 is 2.82 bits per heavy atom. The van der Waals surface area contributed by atoms with E-state index in [-0.39, 0.29) is 0 Å². The minimum atomic E-state index is 0.718. The van der Waals surface area contributed by atoms with Crippen molar-refractivity contribution in [1.29, 1.82) is 0 Å². The number of benzene rings is 1. The second-order valence-corrected chi connectivity index (χ2v) is 4.97. The Kier molecular flexibility index (Phi) is 2.71. The van der Waals surface area contributed by atoms with Crippen molar-refractivity contribution < 1.29 is 0 Å². The van der Waals surface area contributed by atoms with Gasteiger partial charge in [0.05, 0.1) is 22.5 Å². The van der Waals surface area contributed by atoms with Crippen molar-refractivity contribution in [1.82, 2.24) is 9.78 Å². The topological polar surface area (TPSA) is 17.8 Å². The highest BCUT2D eigenvalue weighted by molar-refractivity contribution is 7.13. The molecule has 4 heteroatoms. The lowest BCUT2D eigenvalue weighted by atomic mass is 10.3. The SMILES string of the molecule is Clc1cccc(-n2nccc2-c2cccs2)c1. The molecule has 84 valence electrons. The average Bonchev–Trinajstić information content (AvgIpc) is 3.00. The fourth-order valence-corrected chi connectivity index (χ4v) is 2.65. The van der Waals surface area contributed by atoms with E-state index in [1.165, 1.54) is 4.88 Å². The van der Waals surface area contributed by atoms with Crippen LogP contribution in [0.4, 0.5) is 0 Å². The quantitative estimate of drug-likeness (QED) is 0.673. The van der Waals surface area contributed by atoms with Gasteiger partial charge in [0.25, 0.3) is 0 Å². The molecule has 0 N–H and O–H groups in total. The van der Waals surface area contributed by atoms with Crippen LogP contribution in [0.2, 0.25) is 5.02 Å². The molecule has 2 heterocycles. The molecule has 0 aliphatic heterocycles. The van der Waals surface area contributed by atoms with Crippen LogP contribution in [0.25, 0.3) is 16.3 Å². The summed E-state index contributed by atoms with van der Waals surface area (Å²) in [5.74, 6) is 0. The van der Waals surface area contributed by atoms with E-state index in [9.17, 15) is 0 Å². The lowest BCUT2D eigenvalue weighted by Gasteiger charge is -2.06. The van der Waals surface area contributed by atoms with Gasteiger partial charge >= 0.3 is 0 Å². The van der Waals surface area contributed by atoms with Gasteiger partial charge in [0.1, 0.15) is 0 Å². The molecule has 0 saturated heterocycles. The normalized spacial score (nSPS) is 10.6. The second kappa shape index (κ2) is 4.35. The largest absolute Gasteiger partial charge is 0.232 e. The summed E-state index contributed by atoms with van der Waals surface area (Å²) >= 11 is 7.70. The summed E-state index contributed by atoms with van der Waals surface area (Å²) in [6, 6.07) is 13.8. The minimum absolute atomic E-state index is 0.718. The van der Waals surface area contributed by atoms with Crippen molar-refractivity contribution in [3.05, 3.63) is 59.1 Å². The van der Waals surface area contributed by atoms with Gasteiger partial charge in [0.15, 0.2) is 0 Å². The van der Waals surface area contributed by atoms with E-state index in [2.05, 4.69) is 16.5 Å². The second-order valence-electron chi connectivity index (χ2n) is 3.59. The monoisotopic (exact) mass is 260 g/mol. The van der Waals surface area contributed by atoms with Crippen LogP contribution < -0.4 is 0 Å². The number of hydrogen-bond acceptors (Lipinski definition) is 2. The average molecular weight is 261 g/mol. The molecule has 0 aliphatic rings. The fourth-order valence-electron chi connectivity index (χ4n) is 1.73. The summed E-state index contributed by atoms with van der Waals surface area (Å²) in [7, 11) is 0. The zero-order valence-electron chi connectivity index (χ0n) is 8.88. The van der Waals surface area contributed by atoms with Crippen LogP contribution in [-0.4, -0.2) is 9.78 Å². The molecular formula is C13H9ClN2S. The molecule has 0 spiro atoms. The van der Waals surface area contributed by atoms with Crippen molar-refractivity contribution in [3.8, 4) is 16.3 Å². The lowest BCUT2D eigenvalue weighted by molar-refractivity contribution is 0.890. The van der Waals surface area contributed by atoms with Gasteiger partial charge in [-0.3, -0.25) is 0 Å². The van der Waals surface area contributed by atoms with E-state index < -0.39 is 0 Å². The summed E-state index contributed by atoms with van der Waals surface area (Å²) in [4.78, 5) is 1.20. The van der Waals surface area contributed by atoms with Crippen LogP contribution in [-0.2, 0) is 0 Å². The van der Waals surface area contributed by atoms with E-state index >= 15 is 0 Å². The Bertz CT molecular complexity index is 628. The van der Waals surface area contributed by atoms with E-state index in [0.29, 0.717) is 0 Å². The van der Waals surface area contributed by atoms with Gasteiger partial charge in [0.2, 0.25) is 0 Å². The highest BCUT2D eigenvalue weighted by Crippen LogP contribution is 2.27. The number of thiophene rings is 1. The first-order chi connectivity index (χ1) is 8.34. The van der Waals surface area contributed by atoms with Crippen LogP contribution in [0, 0.1) is 0 Å². The van der Waals surface area contributed by atoms with Gasteiger partial charge in [-0.25, -0.2) is 4.68 Å². The standard InChI is InChI=1S/C13H9ClN2S/c14-10-3-1-4-11(9-10)16-12(6-7-15-16)13-5-2-8-17-13/h1-9H. The number of halogens is 1. The van der Waals surface area contributed by atoms with Crippen molar-refractivity contribution in [2.24, 2.45) is 0 Å². The van der Waals surface area contributed by atoms with Gasteiger partial charge in [-0.2, -0.15) is 5.10 Å². The number of nitrogens with zero attached hydrogens (tertiary/aromatic N) is 2. The first-order valence-corrected chi connectivity index (χ1v) is 6.44. The summed E-state index contributed by atoms with van der Waals surface area (Å²) in [5, 5.41) is 7.13. The van der Waals surface area contributed by atoms with Gasteiger partial charge in [0, 0.05) is 5.02 Å². The predicted octanol–water partition coefficient (Wildman–Crippen LogP) is 4.25. The Hall–Kier alpha value is -1.58. The van der Waals surface area contributed by atoms with Crippen molar-refractivity contribution >= 4 is 22.9 Å². The molecule has 3 aromatic rings. The molecule has 0 amide bonds. The Morgan fingerprint density at radius 1 is 1.12 bits per heavy atom. The molecule has 0 aliphatic carbocycles. The third-order valence-corrected chi connectivity index (χ3v) is 3.60. The lowest BCUT2D eigenvalue weighted by Crippen LogP contribution is -1.97. The Balaban J connectivity index is 2.14. The molecule has 17 heavy (non-hydrogen) atoms. The maximum absolute atomic E-state index is 6.00. The van der Waals surface area contributed by atoms with E-state index in [1.54, 1.807) is 17.5 Å². The molecule has 2 nitrogen and oxygen atoms in total. The van der Waals surface area contributed by atoms with Crippen molar-refractivity contribution in [3.63, 3.8) is 0 Å². The van der Waals surface area contributed by atoms with Gasteiger partial charge < -0.3 is 0 Å². The predicted molar refractivity (Wildman–Crippen MR) is 71.9 cm³/mol. The van der Waals surface area contributed by atoms with Crippen LogP contribution >= 0.6 is 22.9 Å². The van der Waals surface area contributed by atoms with Crippen LogP contribution in [0.3, 0.4) is 0 Å². The molecular weight excluding hydrogens is 252 g/mol. The Labute approximate surface area is 108 Å². The third kappa shape index (κ3) is 1.99. The Morgan fingerprint density at radius 2 is 2.06 bits per heavy atom. The molecule has 0 atom stereocenters. The van der Waals surface area contributed by atoms with Gasteiger partial charge in [-0.05, 0) is 35.7 Å². The minimum Gasteiger partial charge on any atom is -0.232 e. The molecule has 0 unspecified atom stereocenters. The molecule has 0 fully saturated rings. The number of hydrogen-bond donors (Lipinski definition) is 0. The fraction of sp³-hybridized carbons (Fsp3) is 0. The van der Waals surface area contributed by atoms with Gasteiger partial charge in [-0.15, -0.1) is 11.3 Å². The van der Waals surface area contributed by atoms with Crippen LogP contribution in [0.5, 0.6) is 0 Å². The summed E-state index contributed by atoms with van der Waals surface area (Å²) in [6.45, 7) is 0. The maximum atomic E-state index is 6.00. The zero-order chi connectivity index (χ0) is 11.7. The first-order valence-electron chi connectivity index (χ1n) is 5.18. The van der Waals surface area contributed by atoms with E-state index in [4.69, 9.17) is 11.6 Å². The maximum Gasteiger partial charge on any atom is 0.0840 e. The van der Waals surface area contributed by atoms with Crippen LogP contribution in [0.1, 0.15) is 0 Å². The third-order valence-electron chi connectivity index (χ3n) is 2.47. The molecule has 3 rings (SSSR count). The molecule has 0 radical (unpaired) electrons. The number of rotatable bonds is 2. The summed E-state index contributed by atoms with van der Waals surface area (Å²) in [6.07, 6.45) is 1.80. The van der Waals surface area contributed by atoms with E-state index in [0.717, 1.165) is 16.4 Å². The van der Waals surface area contributed by atoms with Crippen molar-refractivity contribution in [2.45, 2.75) is 0 Å². The van der Waals surface area contributed by atoms with Crippen molar-refractivity contribution in [2.75, 3.05) is 0 Å². The van der Waals surface area contributed by atoms with Gasteiger partial charge in [-0.1, -0.05) is 23.7 Å².